The van der Waals surface area contributed by atoms with Crippen molar-refractivity contribution in [1.29, 1.82) is 0 Å². The Bertz CT molecular complexity index is 595. The van der Waals surface area contributed by atoms with Crippen molar-refractivity contribution < 1.29 is 9.59 Å². The van der Waals surface area contributed by atoms with E-state index in [9.17, 15) is 9.59 Å². The predicted molar refractivity (Wildman–Crippen MR) is 102 cm³/mol. The molecule has 0 spiro atoms. The molecule has 2 amide bonds. The molecule has 1 aliphatic heterocycles. The van der Waals surface area contributed by atoms with E-state index in [1.165, 1.54) is 13.3 Å². The highest BCUT2D eigenvalue weighted by molar-refractivity contribution is 6.02. The van der Waals surface area contributed by atoms with Gasteiger partial charge in [0, 0.05) is 37.9 Å². The first-order valence-electron chi connectivity index (χ1n) is 9.07. The fourth-order valence-corrected chi connectivity index (χ4v) is 3.10. The van der Waals surface area contributed by atoms with Crippen LogP contribution < -0.4 is 15.5 Å². The molecule has 138 valence electrons. The molecule has 0 atom stereocenters. The molecular weight excluding hydrogens is 316 g/mol. The lowest BCUT2D eigenvalue weighted by Gasteiger charge is -2.30. The molecule has 0 radical (unpaired) electrons. The van der Waals surface area contributed by atoms with E-state index in [0.29, 0.717) is 17.8 Å². The zero-order chi connectivity index (χ0) is 18.2. The minimum absolute atomic E-state index is 0.0773. The summed E-state index contributed by atoms with van der Waals surface area (Å²) >= 11 is 0. The first-order chi connectivity index (χ1) is 12.0. The molecule has 0 unspecified atom stereocenters. The van der Waals surface area contributed by atoms with Gasteiger partial charge in [-0.05, 0) is 64.5 Å². The third-order valence-electron chi connectivity index (χ3n) is 4.33. The van der Waals surface area contributed by atoms with Crippen molar-refractivity contribution >= 4 is 23.2 Å². The number of rotatable bonds is 7. The summed E-state index contributed by atoms with van der Waals surface area (Å²) < 4.78 is 0. The Morgan fingerprint density at radius 2 is 1.88 bits per heavy atom. The molecule has 1 aromatic carbocycles. The second-order valence-corrected chi connectivity index (χ2v) is 6.87. The summed E-state index contributed by atoms with van der Waals surface area (Å²) in [4.78, 5) is 28.4. The fraction of sp³-hybridized carbons (Fsp3) is 0.579. The number of nitrogens with one attached hydrogen (secondary N) is 2. The zero-order valence-electron chi connectivity index (χ0n) is 15.6. The highest BCUT2D eigenvalue weighted by Gasteiger charge is 2.19. The van der Waals surface area contributed by atoms with Crippen LogP contribution in [0.3, 0.4) is 0 Å². The molecule has 1 saturated heterocycles. The van der Waals surface area contributed by atoms with Gasteiger partial charge in [0.2, 0.25) is 5.91 Å². The van der Waals surface area contributed by atoms with Crippen molar-refractivity contribution in [3.8, 4) is 0 Å². The minimum Gasteiger partial charge on any atom is -0.371 e. The van der Waals surface area contributed by atoms with E-state index >= 15 is 0 Å². The van der Waals surface area contributed by atoms with E-state index < -0.39 is 0 Å². The van der Waals surface area contributed by atoms with Crippen molar-refractivity contribution in [2.75, 3.05) is 50.5 Å². The number of anilines is 2. The van der Waals surface area contributed by atoms with Crippen LogP contribution in [-0.4, -0.2) is 57.0 Å². The number of carbonyl (C=O) groups is 2. The maximum atomic E-state index is 12.7. The van der Waals surface area contributed by atoms with E-state index in [-0.39, 0.29) is 11.8 Å². The molecule has 25 heavy (non-hydrogen) atoms. The summed E-state index contributed by atoms with van der Waals surface area (Å²) in [5, 5.41) is 5.78. The van der Waals surface area contributed by atoms with Crippen LogP contribution in [0.4, 0.5) is 11.4 Å². The molecule has 1 heterocycles. The lowest BCUT2D eigenvalue weighted by atomic mass is 10.1. The van der Waals surface area contributed by atoms with Gasteiger partial charge < -0.3 is 20.4 Å². The zero-order valence-corrected chi connectivity index (χ0v) is 15.6. The summed E-state index contributed by atoms with van der Waals surface area (Å²) in [6.07, 6.45) is 4.45. The highest BCUT2D eigenvalue weighted by atomic mass is 16.2. The van der Waals surface area contributed by atoms with Crippen LogP contribution in [0, 0.1) is 0 Å². The summed E-state index contributed by atoms with van der Waals surface area (Å²) in [5.74, 6) is -0.213. The molecule has 0 aliphatic carbocycles. The molecule has 1 fully saturated rings. The molecule has 2 N–H and O–H groups in total. The molecule has 0 bridgehead atoms. The normalized spacial score (nSPS) is 14.5. The van der Waals surface area contributed by atoms with E-state index in [0.717, 1.165) is 44.6 Å². The molecule has 1 aliphatic rings. The van der Waals surface area contributed by atoms with Crippen molar-refractivity contribution in [2.24, 2.45) is 0 Å². The standard InChI is InChI=1S/C19H30N4O2/c1-15(24)21-16-8-9-18(23-12-5-4-6-13-23)17(14-16)19(25)20-10-7-11-22(2)3/h8-9,14H,4-7,10-13H2,1-3H3,(H,20,25)(H,21,24). The minimum atomic E-state index is -0.136. The van der Waals surface area contributed by atoms with Gasteiger partial charge in [0.25, 0.3) is 5.91 Å². The number of hydrogen-bond donors (Lipinski definition) is 2. The van der Waals surface area contributed by atoms with Gasteiger partial charge in [0.05, 0.1) is 5.56 Å². The number of hydrogen-bond acceptors (Lipinski definition) is 4. The average Bonchev–Trinajstić information content (AvgIpc) is 2.58. The quantitative estimate of drug-likeness (QED) is 0.744. The Morgan fingerprint density at radius 3 is 2.52 bits per heavy atom. The number of amides is 2. The third-order valence-corrected chi connectivity index (χ3v) is 4.33. The van der Waals surface area contributed by atoms with E-state index in [1.54, 1.807) is 6.07 Å². The molecule has 6 nitrogen and oxygen atoms in total. The summed E-state index contributed by atoms with van der Waals surface area (Å²) in [5.41, 5.74) is 2.25. The van der Waals surface area contributed by atoms with Crippen molar-refractivity contribution in [1.82, 2.24) is 10.2 Å². The third kappa shape index (κ3) is 6.05. The Balaban J connectivity index is 2.14. The molecule has 1 aromatic rings. The largest absolute Gasteiger partial charge is 0.371 e. The lowest BCUT2D eigenvalue weighted by molar-refractivity contribution is -0.114. The number of nitrogens with zero attached hydrogens (tertiary/aromatic N) is 2. The Morgan fingerprint density at radius 1 is 1.16 bits per heavy atom. The van der Waals surface area contributed by atoms with Gasteiger partial charge in [-0.25, -0.2) is 0 Å². The fourth-order valence-electron chi connectivity index (χ4n) is 3.10. The van der Waals surface area contributed by atoms with Crippen LogP contribution in [0.25, 0.3) is 0 Å². The van der Waals surface area contributed by atoms with Gasteiger partial charge in [-0.3, -0.25) is 9.59 Å². The second kappa shape index (κ2) is 9.42. The number of benzene rings is 1. The van der Waals surface area contributed by atoms with Gasteiger partial charge >= 0.3 is 0 Å². The van der Waals surface area contributed by atoms with Crippen LogP contribution in [0.2, 0.25) is 0 Å². The van der Waals surface area contributed by atoms with Crippen molar-refractivity contribution in [3.05, 3.63) is 23.8 Å². The van der Waals surface area contributed by atoms with Crippen LogP contribution in [0.1, 0.15) is 43.0 Å². The van der Waals surface area contributed by atoms with Gasteiger partial charge in [-0.15, -0.1) is 0 Å². The van der Waals surface area contributed by atoms with Gasteiger partial charge in [-0.2, -0.15) is 0 Å². The van der Waals surface area contributed by atoms with Crippen LogP contribution in [-0.2, 0) is 4.79 Å². The van der Waals surface area contributed by atoms with Crippen LogP contribution in [0.5, 0.6) is 0 Å². The molecule has 0 aromatic heterocycles. The van der Waals surface area contributed by atoms with E-state index in [2.05, 4.69) is 20.4 Å². The number of piperidine rings is 1. The molecule has 6 heteroatoms. The highest BCUT2D eigenvalue weighted by Crippen LogP contribution is 2.27. The molecular formula is C19H30N4O2. The van der Waals surface area contributed by atoms with Gasteiger partial charge in [0.1, 0.15) is 0 Å². The SMILES string of the molecule is CC(=O)Nc1ccc(N2CCCCC2)c(C(=O)NCCCN(C)C)c1. The monoisotopic (exact) mass is 346 g/mol. The van der Waals surface area contributed by atoms with E-state index in [1.807, 2.05) is 26.2 Å². The maximum absolute atomic E-state index is 12.7. The summed E-state index contributed by atoms with van der Waals surface area (Å²) in [6.45, 7) is 4.99. The van der Waals surface area contributed by atoms with Crippen LogP contribution in [0.15, 0.2) is 18.2 Å². The maximum Gasteiger partial charge on any atom is 0.253 e. The molecule has 0 saturated carbocycles. The summed E-state index contributed by atoms with van der Waals surface area (Å²) in [7, 11) is 4.04. The lowest BCUT2D eigenvalue weighted by Crippen LogP contribution is -2.33. The topological polar surface area (TPSA) is 64.7 Å². The van der Waals surface area contributed by atoms with Crippen molar-refractivity contribution in [2.45, 2.75) is 32.6 Å². The van der Waals surface area contributed by atoms with Crippen molar-refractivity contribution in [3.63, 3.8) is 0 Å². The Labute approximate surface area is 150 Å². The average molecular weight is 346 g/mol. The Hall–Kier alpha value is -2.08. The molecule has 2 rings (SSSR count). The van der Waals surface area contributed by atoms with Gasteiger partial charge in [0.15, 0.2) is 0 Å². The van der Waals surface area contributed by atoms with E-state index in [4.69, 9.17) is 0 Å². The second-order valence-electron chi connectivity index (χ2n) is 6.87. The van der Waals surface area contributed by atoms with Crippen LogP contribution >= 0.6 is 0 Å². The predicted octanol–water partition coefficient (Wildman–Crippen LogP) is 2.32. The first kappa shape index (κ1) is 19.2. The first-order valence-corrected chi connectivity index (χ1v) is 9.07. The van der Waals surface area contributed by atoms with Gasteiger partial charge in [-0.1, -0.05) is 0 Å². The number of carbonyl (C=O) groups excluding carboxylic acids is 2. The summed E-state index contributed by atoms with van der Waals surface area (Å²) in [6, 6.07) is 5.60. The smallest absolute Gasteiger partial charge is 0.253 e. The Kier molecular flexibility index (Phi) is 7.25.